The Labute approximate surface area is 185 Å². The van der Waals surface area contributed by atoms with Crippen molar-refractivity contribution >= 4 is 46.5 Å². The largest absolute Gasteiger partial charge is 0.383 e. The van der Waals surface area contributed by atoms with Gasteiger partial charge in [0.05, 0.1) is 10.0 Å². The molecule has 2 aromatic rings. The van der Waals surface area contributed by atoms with Gasteiger partial charge in [0.25, 0.3) is 5.91 Å². The summed E-state index contributed by atoms with van der Waals surface area (Å²) in [4.78, 5) is 38.2. The quantitative estimate of drug-likeness (QED) is 0.351. The minimum atomic E-state index is -0.945. The molecule has 158 valence electrons. The van der Waals surface area contributed by atoms with E-state index in [0.717, 1.165) is 11.3 Å². The first-order chi connectivity index (χ1) is 14.5. The number of anilines is 1. The van der Waals surface area contributed by atoms with E-state index < -0.39 is 23.5 Å². The molecule has 3 rings (SSSR count). The molecular formula is C22H23Cl2N3O3. The van der Waals surface area contributed by atoms with Crippen molar-refractivity contribution in [1.29, 1.82) is 0 Å². The Morgan fingerprint density at radius 1 is 1.03 bits per heavy atom. The molecule has 1 unspecified atom stereocenters. The fourth-order valence-corrected chi connectivity index (χ4v) is 3.62. The van der Waals surface area contributed by atoms with Crippen molar-refractivity contribution in [2.75, 3.05) is 31.5 Å². The molecule has 0 aromatic heterocycles. The Balaban J connectivity index is 1.41. The van der Waals surface area contributed by atoms with Crippen LogP contribution in [0.5, 0.6) is 0 Å². The summed E-state index contributed by atoms with van der Waals surface area (Å²) in [7, 11) is 0. The average Bonchev–Trinajstić information content (AvgIpc) is 3.03. The van der Waals surface area contributed by atoms with Gasteiger partial charge in [0.2, 0.25) is 11.7 Å². The first-order valence-corrected chi connectivity index (χ1v) is 10.5. The number of hydrogen-bond donors (Lipinski definition) is 2. The number of halogens is 2. The van der Waals surface area contributed by atoms with Crippen LogP contribution in [0.1, 0.15) is 12.0 Å². The number of benzene rings is 2. The number of ketones is 1. The smallest absolute Gasteiger partial charge is 0.290 e. The highest BCUT2D eigenvalue weighted by Gasteiger charge is 2.42. The predicted octanol–water partition coefficient (Wildman–Crippen LogP) is 3.18. The summed E-state index contributed by atoms with van der Waals surface area (Å²) >= 11 is 11.9. The van der Waals surface area contributed by atoms with E-state index in [-0.39, 0.29) is 6.54 Å². The van der Waals surface area contributed by atoms with Crippen LogP contribution in [0.3, 0.4) is 0 Å². The van der Waals surface area contributed by atoms with Gasteiger partial charge in [0, 0.05) is 31.9 Å². The lowest BCUT2D eigenvalue weighted by molar-refractivity contribution is -0.142. The van der Waals surface area contributed by atoms with Gasteiger partial charge in [-0.3, -0.25) is 14.4 Å². The summed E-state index contributed by atoms with van der Waals surface area (Å²) < 4.78 is 0. The SMILES string of the molecule is O=C(NCCCc1ccc(Cl)c(Cl)c1)C1CN(CCNc2ccccc2)C(=O)C1=O. The third-order valence-electron chi connectivity index (χ3n) is 4.94. The molecule has 0 aliphatic carbocycles. The maximum Gasteiger partial charge on any atom is 0.290 e. The van der Waals surface area contributed by atoms with Crippen molar-refractivity contribution in [2.45, 2.75) is 12.8 Å². The Hall–Kier alpha value is -2.57. The maximum absolute atomic E-state index is 12.4. The van der Waals surface area contributed by atoms with Gasteiger partial charge in [0.1, 0.15) is 5.92 Å². The van der Waals surface area contributed by atoms with Gasteiger partial charge in [-0.05, 0) is 42.7 Å². The molecule has 1 saturated heterocycles. The van der Waals surface area contributed by atoms with Crippen LogP contribution in [0.2, 0.25) is 10.0 Å². The molecule has 30 heavy (non-hydrogen) atoms. The number of nitrogens with one attached hydrogen (secondary N) is 2. The first-order valence-electron chi connectivity index (χ1n) is 9.79. The van der Waals surface area contributed by atoms with E-state index in [1.54, 1.807) is 12.1 Å². The number of aryl methyl sites for hydroxylation is 1. The van der Waals surface area contributed by atoms with Crippen molar-refractivity contribution in [2.24, 2.45) is 5.92 Å². The van der Waals surface area contributed by atoms with Crippen LogP contribution in [0.4, 0.5) is 5.69 Å². The highest BCUT2D eigenvalue weighted by Crippen LogP contribution is 2.23. The van der Waals surface area contributed by atoms with Crippen LogP contribution in [0, 0.1) is 5.92 Å². The highest BCUT2D eigenvalue weighted by atomic mass is 35.5. The molecule has 1 atom stereocenters. The molecule has 8 heteroatoms. The fraction of sp³-hybridized carbons (Fsp3) is 0.318. The van der Waals surface area contributed by atoms with Gasteiger partial charge < -0.3 is 15.5 Å². The molecule has 1 aliphatic rings. The van der Waals surface area contributed by atoms with Gasteiger partial charge in [-0.2, -0.15) is 0 Å². The monoisotopic (exact) mass is 447 g/mol. The van der Waals surface area contributed by atoms with E-state index >= 15 is 0 Å². The molecule has 1 heterocycles. The lowest BCUT2D eigenvalue weighted by Gasteiger charge is -2.16. The van der Waals surface area contributed by atoms with Crippen LogP contribution in [-0.4, -0.2) is 48.7 Å². The summed E-state index contributed by atoms with van der Waals surface area (Å²) in [6, 6.07) is 15.0. The molecule has 2 N–H and O–H groups in total. The third kappa shape index (κ3) is 5.74. The number of amides is 2. The Kier molecular flexibility index (Phi) is 7.71. The number of nitrogens with zero attached hydrogens (tertiary/aromatic N) is 1. The van der Waals surface area contributed by atoms with E-state index in [1.165, 1.54) is 4.90 Å². The Morgan fingerprint density at radius 3 is 2.53 bits per heavy atom. The molecule has 1 fully saturated rings. The highest BCUT2D eigenvalue weighted by molar-refractivity contribution is 6.42. The van der Waals surface area contributed by atoms with E-state index in [4.69, 9.17) is 23.2 Å². The number of carbonyl (C=O) groups excluding carboxylic acids is 3. The molecule has 6 nitrogen and oxygen atoms in total. The molecule has 2 aromatic carbocycles. The number of Topliss-reactive ketones (excluding diaryl/α,β-unsaturated/α-hetero) is 1. The molecule has 2 amide bonds. The van der Waals surface area contributed by atoms with Crippen molar-refractivity contribution in [1.82, 2.24) is 10.2 Å². The maximum atomic E-state index is 12.4. The standard InChI is InChI=1S/C22H23Cl2N3O3/c23-18-9-8-15(13-19(18)24)5-4-10-26-21(29)17-14-27(22(30)20(17)28)12-11-25-16-6-2-1-3-7-16/h1-3,6-9,13,17,25H,4-5,10-12,14H2,(H,26,29). The van der Waals surface area contributed by atoms with Crippen LogP contribution in [-0.2, 0) is 20.8 Å². The Bertz CT molecular complexity index is 921. The minimum absolute atomic E-state index is 0.118. The van der Waals surface area contributed by atoms with Crippen molar-refractivity contribution in [3.63, 3.8) is 0 Å². The van der Waals surface area contributed by atoms with Crippen LogP contribution in [0.15, 0.2) is 48.5 Å². The number of carbonyl (C=O) groups is 3. The predicted molar refractivity (Wildman–Crippen MR) is 118 cm³/mol. The molecule has 0 radical (unpaired) electrons. The van der Waals surface area contributed by atoms with Crippen LogP contribution >= 0.6 is 23.2 Å². The fourth-order valence-electron chi connectivity index (χ4n) is 3.30. The summed E-state index contributed by atoms with van der Waals surface area (Å²) in [5.74, 6) is -2.59. The van der Waals surface area contributed by atoms with Gasteiger partial charge in [0.15, 0.2) is 0 Å². The van der Waals surface area contributed by atoms with Gasteiger partial charge in [-0.1, -0.05) is 47.5 Å². The first kappa shape index (κ1) is 22.1. The number of likely N-dealkylation sites (tertiary alicyclic amines) is 1. The summed E-state index contributed by atoms with van der Waals surface area (Å²) in [6.45, 7) is 1.39. The lowest BCUT2D eigenvalue weighted by atomic mass is 10.1. The molecule has 1 aliphatic heterocycles. The summed E-state index contributed by atoms with van der Waals surface area (Å²) in [5.41, 5.74) is 1.95. The summed E-state index contributed by atoms with van der Waals surface area (Å²) in [5, 5.41) is 6.95. The Morgan fingerprint density at radius 2 is 1.80 bits per heavy atom. The molecular weight excluding hydrogens is 425 g/mol. The number of para-hydroxylation sites is 1. The molecule has 0 spiro atoms. The topological polar surface area (TPSA) is 78.5 Å². The summed E-state index contributed by atoms with van der Waals surface area (Å²) in [6.07, 6.45) is 1.40. The lowest BCUT2D eigenvalue weighted by Crippen LogP contribution is -2.36. The normalized spacial score (nSPS) is 16.1. The zero-order chi connectivity index (χ0) is 21.5. The minimum Gasteiger partial charge on any atom is -0.383 e. The molecule has 0 saturated carbocycles. The van der Waals surface area contributed by atoms with Crippen LogP contribution in [0.25, 0.3) is 0 Å². The van der Waals surface area contributed by atoms with Crippen molar-refractivity contribution in [3.05, 3.63) is 64.1 Å². The second-order valence-electron chi connectivity index (χ2n) is 7.10. The zero-order valence-corrected chi connectivity index (χ0v) is 17.9. The molecule has 0 bridgehead atoms. The second kappa shape index (κ2) is 10.5. The van der Waals surface area contributed by atoms with E-state index in [1.807, 2.05) is 36.4 Å². The van der Waals surface area contributed by atoms with Crippen molar-refractivity contribution in [3.8, 4) is 0 Å². The van der Waals surface area contributed by atoms with E-state index in [2.05, 4.69) is 10.6 Å². The zero-order valence-electron chi connectivity index (χ0n) is 16.4. The van der Waals surface area contributed by atoms with Crippen molar-refractivity contribution < 1.29 is 14.4 Å². The van der Waals surface area contributed by atoms with E-state index in [9.17, 15) is 14.4 Å². The third-order valence-corrected chi connectivity index (χ3v) is 5.68. The number of rotatable bonds is 9. The number of hydrogen-bond acceptors (Lipinski definition) is 4. The van der Waals surface area contributed by atoms with E-state index in [0.29, 0.717) is 42.5 Å². The van der Waals surface area contributed by atoms with Gasteiger partial charge >= 0.3 is 0 Å². The van der Waals surface area contributed by atoms with Crippen LogP contribution < -0.4 is 10.6 Å². The van der Waals surface area contributed by atoms with Gasteiger partial charge in [-0.15, -0.1) is 0 Å². The van der Waals surface area contributed by atoms with Gasteiger partial charge in [-0.25, -0.2) is 0 Å². The second-order valence-corrected chi connectivity index (χ2v) is 7.92. The average molecular weight is 448 g/mol.